The highest BCUT2D eigenvalue weighted by Crippen LogP contribution is 2.19. The second-order valence-corrected chi connectivity index (χ2v) is 6.17. The van der Waals surface area contributed by atoms with Gasteiger partial charge in [-0.2, -0.15) is 0 Å². The molecule has 1 aromatic rings. The Balaban J connectivity index is 1.78. The average molecular weight is 342 g/mol. The van der Waals surface area contributed by atoms with Crippen LogP contribution in [0.5, 0.6) is 5.75 Å². The molecule has 1 heterocycles. The smallest absolute Gasteiger partial charge is 0.242 e. The average Bonchev–Trinajstić information content (AvgIpc) is 3.11. The van der Waals surface area contributed by atoms with Gasteiger partial charge < -0.3 is 15.0 Å². The zero-order valence-electron chi connectivity index (χ0n) is 14.8. The fourth-order valence-electron chi connectivity index (χ4n) is 3.02. The maximum Gasteiger partial charge on any atom is 0.242 e. The van der Waals surface area contributed by atoms with Gasteiger partial charge in [0.15, 0.2) is 0 Å². The quantitative estimate of drug-likeness (QED) is 0.737. The summed E-state index contributed by atoms with van der Waals surface area (Å²) in [6.07, 6.45) is 8.86. The van der Waals surface area contributed by atoms with Gasteiger partial charge in [0.2, 0.25) is 11.8 Å². The first-order valence-corrected chi connectivity index (χ1v) is 8.88. The predicted molar refractivity (Wildman–Crippen MR) is 97.1 cm³/mol. The fourth-order valence-corrected chi connectivity index (χ4v) is 3.02. The van der Waals surface area contributed by atoms with Gasteiger partial charge in [0, 0.05) is 19.5 Å². The summed E-state index contributed by atoms with van der Waals surface area (Å²) in [7, 11) is 0. The summed E-state index contributed by atoms with van der Waals surface area (Å²) in [5, 5.41) is 2.96. The van der Waals surface area contributed by atoms with Crippen LogP contribution in [0.1, 0.15) is 38.2 Å². The Labute approximate surface area is 149 Å². The fraction of sp³-hybridized carbons (Fsp3) is 0.500. The third-order valence-electron chi connectivity index (χ3n) is 4.30. The normalized spacial score (nSPS) is 16.3. The number of nitrogens with one attached hydrogen (secondary N) is 1. The molecule has 5 heteroatoms. The number of rotatable bonds is 8. The van der Waals surface area contributed by atoms with Crippen LogP contribution in [0.4, 0.5) is 0 Å². The van der Waals surface area contributed by atoms with Crippen LogP contribution in [0.2, 0.25) is 0 Å². The number of terminal acetylenes is 1. The van der Waals surface area contributed by atoms with Crippen molar-refractivity contribution in [2.24, 2.45) is 0 Å². The number of amides is 2. The van der Waals surface area contributed by atoms with Crippen molar-refractivity contribution in [2.45, 2.75) is 45.1 Å². The van der Waals surface area contributed by atoms with Gasteiger partial charge in [-0.15, -0.1) is 6.42 Å². The second kappa shape index (κ2) is 9.73. The van der Waals surface area contributed by atoms with E-state index < -0.39 is 0 Å². The predicted octanol–water partition coefficient (Wildman–Crippen LogP) is 2.15. The molecule has 0 radical (unpaired) electrons. The zero-order chi connectivity index (χ0) is 18.1. The van der Waals surface area contributed by atoms with Crippen molar-refractivity contribution in [3.8, 4) is 18.1 Å². The summed E-state index contributed by atoms with van der Waals surface area (Å²) < 4.78 is 5.33. The van der Waals surface area contributed by atoms with Crippen LogP contribution in [0.3, 0.4) is 0 Å². The summed E-state index contributed by atoms with van der Waals surface area (Å²) in [6, 6.07) is 7.36. The highest BCUT2D eigenvalue weighted by atomic mass is 16.5. The highest BCUT2D eigenvalue weighted by Gasteiger charge is 2.33. The first-order valence-electron chi connectivity index (χ1n) is 8.88. The largest absolute Gasteiger partial charge is 0.481 e. The van der Waals surface area contributed by atoms with E-state index in [1.165, 1.54) is 0 Å². The number of hydrogen-bond acceptors (Lipinski definition) is 3. The zero-order valence-corrected chi connectivity index (χ0v) is 14.8. The molecule has 134 valence electrons. The van der Waals surface area contributed by atoms with Crippen molar-refractivity contribution in [3.05, 3.63) is 29.8 Å². The maximum absolute atomic E-state index is 12.4. The molecule has 0 unspecified atom stereocenters. The summed E-state index contributed by atoms with van der Waals surface area (Å²) in [6.45, 7) is 3.47. The Morgan fingerprint density at radius 1 is 1.36 bits per heavy atom. The van der Waals surface area contributed by atoms with Gasteiger partial charge in [-0.1, -0.05) is 25.0 Å². The molecule has 0 aromatic heterocycles. The molecule has 5 nitrogen and oxygen atoms in total. The van der Waals surface area contributed by atoms with Crippen molar-refractivity contribution in [2.75, 3.05) is 19.7 Å². The Morgan fingerprint density at radius 2 is 2.12 bits per heavy atom. The Hall–Kier alpha value is -2.48. The van der Waals surface area contributed by atoms with E-state index in [-0.39, 0.29) is 24.5 Å². The number of carbonyl (C=O) groups is 2. The van der Waals surface area contributed by atoms with Crippen molar-refractivity contribution in [3.63, 3.8) is 0 Å². The lowest BCUT2D eigenvalue weighted by Crippen LogP contribution is -2.46. The Bertz CT molecular complexity index is 619. The van der Waals surface area contributed by atoms with Crippen LogP contribution in [0.25, 0.3) is 0 Å². The van der Waals surface area contributed by atoms with E-state index in [4.69, 9.17) is 11.2 Å². The number of likely N-dealkylation sites (tertiary alicyclic amines) is 1. The molecule has 0 aliphatic carbocycles. The first kappa shape index (κ1) is 18.9. The lowest BCUT2D eigenvalue weighted by Gasteiger charge is -2.23. The molecule has 0 spiro atoms. The van der Waals surface area contributed by atoms with Gasteiger partial charge in [0.1, 0.15) is 18.4 Å². The number of nitrogens with zero attached hydrogens (tertiary/aromatic N) is 1. The van der Waals surface area contributed by atoms with E-state index in [0.717, 1.165) is 37.0 Å². The van der Waals surface area contributed by atoms with Crippen molar-refractivity contribution in [1.29, 1.82) is 0 Å². The molecule has 1 N–H and O–H groups in total. The Morgan fingerprint density at radius 3 is 2.80 bits per heavy atom. The lowest BCUT2D eigenvalue weighted by molar-refractivity contribution is -0.138. The summed E-state index contributed by atoms with van der Waals surface area (Å²) in [5.41, 5.74) is 1.11. The molecule has 0 saturated carbocycles. The van der Waals surface area contributed by atoms with Gasteiger partial charge in [0.25, 0.3) is 0 Å². The standard InChI is InChI=1S/C20H26N2O3/c1-3-6-19(23)22-14-5-7-18(22)20(24)21-13-12-16-8-10-17(11-9-16)25-15-4-2/h2,8-11,18H,3,5-7,12-15H2,1H3,(H,21,24)/t18-/m1/s1. The molecular formula is C20H26N2O3. The summed E-state index contributed by atoms with van der Waals surface area (Å²) in [5.74, 6) is 3.20. The van der Waals surface area contributed by atoms with E-state index in [1.807, 2.05) is 31.2 Å². The van der Waals surface area contributed by atoms with Gasteiger partial charge in [0.05, 0.1) is 0 Å². The molecule has 1 aliphatic heterocycles. The van der Waals surface area contributed by atoms with Crippen LogP contribution in [-0.4, -0.2) is 42.5 Å². The summed E-state index contributed by atoms with van der Waals surface area (Å²) >= 11 is 0. The van der Waals surface area contributed by atoms with Crippen molar-refractivity contribution >= 4 is 11.8 Å². The highest BCUT2D eigenvalue weighted by molar-refractivity contribution is 5.88. The van der Waals surface area contributed by atoms with Crippen LogP contribution < -0.4 is 10.1 Å². The van der Waals surface area contributed by atoms with Crippen molar-refractivity contribution < 1.29 is 14.3 Å². The summed E-state index contributed by atoms with van der Waals surface area (Å²) in [4.78, 5) is 26.2. The van der Waals surface area contributed by atoms with Gasteiger partial charge in [-0.25, -0.2) is 0 Å². The number of carbonyl (C=O) groups excluding carboxylic acids is 2. The topological polar surface area (TPSA) is 58.6 Å². The molecule has 2 rings (SSSR count). The monoisotopic (exact) mass is 342 g/mol. The molecule has 1 aliphatic rings. The third-order valence-corrected chi connectivity index (χ3v) is 4.30. The van der Waals surface area contributed by atoms with Crippen LogP contribution in [-0.2, 0) is 16.0 Å². The van der Waals surface area contributed by atoms with Crippen LogP contribution in [0, 0.1) is 12.3 Å². The minimum atomic E-state index is -0.307. The maximum atomic E-state index is 12.4. The Kier molecular flexibility index (Phi) is 7.34. The number of ether oxygens (including phenoxy) is 1. The molecule has 1 fully saturated rings. The van der Waals surface area contributed by atoms with Gasteiger partial charge >= 0.3 is 0 Å². The molecule has 1 aromatic carbocycles. The molecule has 2 amide bonds. The van der Waals surface area contributed by atoms with Crippen LogP contribution in [0.15, 0.2) is 24.3 Å². The van der Waals surface area contributed by atoms with Gasteiger partial charge in [-0.05, 0) is 43.4 Å². The minimum absolute atomic E-state index is 0.0454. The van der Waals surface area contributed by atoms with Gasteiger partial charge in [-0.3, -0.25) is 9.59 Å². The minimum Gasteiger partial charge on any atom is -0.481 e. The molecule has 25 heavy (non-hydrogen) atoms. The lowest BCUT2D eigenvalue weighted by atomic mass is 10.1. The van der Waals surface area contributed by atoms with Crippen LogP contribution >= 0.6 is 0 Å². The molecule has 0 bridgehead atoms. The van der Waals surface area contributed by atoms with E-state index in [1.54, 1.807) is 4.90 Å². The van der Waals surface area contributed by atoms with E-state index in [2.05, 4.69) is 11.2 Å². The third kappa shape index (κ3) is 5.53. The van der Waals surface area contributed by atoms with E-state index >= 15 is 0 Å². The number of hydrogen-bond donors (Lipinski definition) is 1. The van der Waals surface area contributed by atoms with E-state index in [0.29, 0.717) is 19.5 Å². The molecular weight excluding hydrogens is 316 g/mol. The first-order chi connectivity index (χ1) is 12.2. The number of benzene rings is 1. The second-order valence-electron chi connectivity index (χ2n) is 6.17. The molecule has 1 saturated heterocycles. The molecule has 1 atom stereocenters. The van der Waals surface area contributed by atoms with E-state index in [9.17, 15) is 9.59 Å². The SMILES string of the molecule is C#CCOc1ccc(CCNC(=O)[C@H]2CCCN2C(=O)CCC)cc1. The van der Waals surface area contributed by atoms with Crippen molar-refractivity contribution in [1.82, 2.24) is 10.2 Å².